The van der Waals surface area contributed by atoms with Crippen molar-refractivity contribution in [2.24, 2.45) is 0 Å². The van der Waals surface area contributed by atoms with Crippen LogP contribution >= 0.6 is 27.5 Å². The molecule has 0 saturated carbocycles. The van der Waals surface area contributed by atoms with Crippen LogP contribution in [0.3, 0.4) is 0 Å². The predicted molar refractivity (Wildman–Crippen MR) is 116 cm³/mol. The van der Waals surface area contributed by atoms with E-state index in [1.54, 1.807) is 37.3 Å². The van der Waals surface area contributed by atoms with Crippen LogP contribution in [0.2, 0.25) is 5.02 Å². The van der Waals surface area contributed by atoms with Crippen molar-refractivity contribution in [2.75, 3.05) is 23.7 Å². The van der Waals surface area contributed by atoms with Crippen LogP contribution in [0, 0.1) is 0 Å². The zero-order valence-electron chi connectivity index (χ0n) is 15.5. The first-order valence-corrected chi connectivity index (χ1v) is 12.0. The van der Waals surface area contributed by atoms with Gasteiger partial charge in [0.2, 0.25) is 0 Å². The van der Waals surface area contributed by atoms with Gasteiger partial charge < -0.3 is 10.2 Å². The quantitative estimate of drug-likeness (QED) is 0.686. The van der Waals surface area contributed by atoms with Crippen molar-refractivity contribution in [2.45, 2.75) is 30.7 Å². The molecule has 2 aromatic rings. The molecule has 150 valence electrons. The van der Waals surface area contributed by atoms with E-state index in [1.165, 1.54) is 0 Å². The summed E-state index contributed by atoms with van der Waals surface area (Å²) in [6, 6.07) is 12.3. The van der Waals surface area contributed by atoms with E-state index in [1.807, 2.05) is 12.1 Å². The highest BCUT2D eigenvalue weighted by Gasteiger charge is 2.23. The lowest BCUT2D eigenvalue weighted by Gasteiger charge is -2.34. The minimum atomic E-state index is -3.18. The first-order chi connectivity index (χ1) is 13.3. The number of hydrogen-bond acceptors (Lipinski definition) is 4. The van der Waals surface area contributed by atoms with E-state index >= 15 is 0 Å². The normalized spacial score (nSPS) is 15.5. The van der Waals surface area contributed by atoms with Crippen LogP contribution in [0.25, 0.3) is 0 Å². The molecule has 5 nitrogen and oxygen atoms in total. The zero-order valence-corrected chi connectivity index (χ0v) is 18.6. The highest BCUT2D eigenvalue weighted by molar-refractivity contribution is 9.10. The average molecular weight is 486 g/mol. The van der Waals surface area contributed by atoms with Crippen molar-refractivity contribution < 1.29 is 13.2 Å². The van der Waals surface area contributed by atoms with Gasteiger partial charge in [-0.05, 0) is 55.3 Å². The Labute approximate surface area is 179 Å². The van der Waals surface area contributed by atoms with Gasteiger partial charge in [0.25, 0.3) is 5.91 Å². The van der Waals surface area contributed by atoms with E-state index in [-0.39, 0.29) is 17.7 Å². The molecule has 3 rings (SSSR count). The molecular formula is C20H22BrClN2O3S. The molecule has 1 N–H and O–H groups in total. The minimum absolute atomic E-state index is 0.0820. The molecule has 0 radical (unpaired) electrons. The number of halogens is 2. The molecule has 1 aliphatic heterocycles. The SMILES string of the molecule is CCS(=O)(=O)c1ccc(N2CCC(NC(=O)c3cc(Br)ccc3Cl)CC2)cc1. The van der Waals surface area contributed by atoms with E-state index in [9.17, 15) is 13.2 Å². The van der Waals surface area contributed by atoms with Crippen molar-refractivity contribution in [3.63, 3.8) is 0 Å². The number of benzene rings is 2. The number of hydrogen-bond donors (Lipinski definition) is 1. The third-order valence-electron chi connectivity index (χ3n) is 4.94. The molecule has 0 aromatic heterocycles. The molecule has 1 heterocycles. The number of nitrogens with zero attached hydrogens (tertiary/aromatic N) is 1. The minimum Gasteiger partial charge on any atom is -0.371 e. The van der Waals surface area contributed by atoms with Gasteiger partial charge in [-0.1, -0.05) is 34.5 Å². The largest absolute Gasteiger partial charge is 0.371 e. The molecule has 1 aliphatic rings. The molecule has 8 heteroatoms. The maximum absolute atomic E-state index is 12.5. The zero-order chi connectivity index (χ0) is 20.3. The van der Waals surface area contributed by atoms with Crippen LogP contribution in [0.15, 0.2) is 51.8 Å². The molecule has 28 heavy (non-hydrogen) atoms. The van der Waals surface area contributed by atoms with Gasteiger partial charge in [0, 0.05) is 29.3 Å². The summed E-state index contributed by atoms with van der Waals surface area (Å²) in [5, 5.41) is 3.49. The van der Waals surface area contributed by atoms with E-state index in [0.29, 0.717) is 15.5 Å². The molecule has 0 bridgehead atoms. The third-order valence-corrected chi connectivity index (χ3v) is 7.52. The van der Waals surface area contributed by atoms with Crippen molar-refractivity contribution in [1.29, 1.82) is 0 Å². The highest BCUT2D eigenvalue weighted by Crippen LogP contribution is 2.24. The Morgan fingerprint density at radius 3 is 2.43 bits per heavy atom. The lowest BCUT2D eigenvalue weighted by atomic mass is 10.0. The second-order valence-corrected chi connectivity index (χ2v) is 10.4. The topological polar surface area (TPSA) is 66.5 Å². The fourth-order valence-electron chi connectivity index (χ4n) is 3.25. The molecule has 1 fully saturated rings. The van der Waals surface area contributed by atoms with Gasteiger partial charge in [-0.2, -0.15) is 0 Å². The molecule has 0 unspecified atom stereocenters. The van der Waals surface area contributed by atoms with Crippen LogP contribution in [-0.4, -0.2) is 39.2 Å². The summed E-state index contributed by atoms with van der Waals surface area (Å²) in [6.07, 6.45) is 1.62. The summed E-state index contributed by atoms with van der Waals surface area (Å²) in [5.41, 5.74) is 1.46. The number of sulfone groups is 1. The fraction of sp³-hybridized carbons (Fsp3) is 0.350. The highest BCUT2D eigenvalue weighted by atomic mass is 79.9. The van der Waals surface area contributed by atoms with Gasteiger partial charge >= 0.3 is 0 Å². The molecule has 0 atom stereocenters. The maximum Gasteiger partial charge on any atom is 0.253 e. The first kappa shape index (κ1) is 21.1. The van der Waals surface area contributed by atoms with Gasteiger partial charge in [-0.3, -0.25) is 4.79 Å². The van der Waals surface area contributed by atoms with Crippen LogP contribution < -0.4 is 10.2 Å². The van der Waals surface area contributed by atoms with Crippen LogP contribution in [0.5, 0.6) is 0 Å². The smallest absolute Gasteiger partial charge is 0.253 e. The molecule has 1 amide bonds. The maximum atomic E-state index is 12.5. The molecule has 0 spiro atoms. The number of carbonyl (C=O) groups excluding carboxylic acids is 1. The Hall–Kier alpha value is -1.57. The number of amides is 1. The van der Waals surface area contributed by atoms with E-state index in [4.69, 9.17) is 11.6 Å². The summed E-state index contributed by atoms with van der Waals surface area (Å²) in [4.78, 5) is 15.1. The Morgan fingerprint density at radius 1 is 1.18 bits per heavy atom. The third kappa shape index (κ3) is 4.88. The number of rotatable bonds is 5. The second kappa shape index (κ2) is 8.84. The summed E-state index contributed by atoms with van der Waals surface area (Å²) >= 11 is 9.50. The van der Waals surface area contributed by atoms with Gasteiger partial charge in [0.1, 0.15) is 0 Å². The molecule has 1 saturated heterocycles. The lowest BCUT2D eigenvalue weighted by Crippen LogP contribution is -2.44. The van der Waals surface area contributed by atoms with Crippen molar-refractivity contribution >= 4 is 49.0 Å². The number of carbonyl (C=O) groups is 1. The van der Waals surface area contributed by atoms with Crippen LogP contribution in [-0.2, 0) is 9.84 Å². The Bertz CT molecular complexity index is 956. The Balaban J connectivity index is 1.59. The first-order valence-electron chi connectivity index (χ1n) is 9.14. The van der Waals surface area contributed by atoms with E-state index in [2.05, 4.69) is 26.1 Å². The molecule has 0 aliphatic carbocycles. The summed E-state index contributed by atoms with van der Waals surface area (Å²) < 4.78 is 24.7. The second-order valence-electron chi connectivity index (χ2n) is 6.76. The molecule has 2 aromatic carbocycles. The van der Waals surface area contributed by atoms with Gasteiger partial charge in [-0.15, -0.1) is 0 Å². The van der Waals surface area contributed by atoms with Crippen molar-refractivity contribution in [3.05, 3.63) is 57.5 Å². The van der Waals surface area contributed by atoms with E-state index < -0.39 is 9.84 Å². The fourth-order valence-corrected chi connectivity index (χ4v) is 4.70. The van der Waals surface area contributed by atoms with Crippen molar-refractivity contribution in [3.8, 4) is 0 Å². The summed E-state index contributed by atoms with van der Waals surface area (Å²) in [5.74, 6) is -0.0710. The van der Waals surface area contributed by atoms with Gasteiger partial charge in [0.15, 0.2) is 9.84 Å². The standard InChI is InChI=1S/C20H22BrClN2O3S/c1-2-28(26,27)17-6-4-16(5-7-17)24-11-9-15(10-12-24)23-20(25)18-13-14(21)3-8-19(18)22/h3-8,13,15H,2,9-12H2,1H3,(H,23,25). The van der Waals surface area contributed by atoms with Crippen LogP contribution in [0.1, 0.15) is 30.1 Å². The molecular weight excluding hydrogens is 464 g/mol. The Morgan fingerprint density at radius 2 is 1.82 bits per heavy atom. The Kier molecular flexibility index (Phi) is 6.68. The predicted octanol–water partition coefficient (Wildman–Crippen LogP) is 4.29. The van der Waals surface area contributed by atoms with Gasteiger partial charge in [0.05, 0.1) is 21.2 Å². The number of piperidine rings is 1. The number of nitrogens with one attached hydrogen (secondary N) is 1. The average Bonchev–Trinajstić information content (AvgIpc) is 2.70. The lowest BCUT2D eigenvalue weighted by molar-refractivity contribution is 0.0931. The summed E-state index contributed by atoms with van der Waals surface area (Å²) in [6.45, 7) is 3.22. The number of anilines is 1. The van der Waals surface area contributed by atoms with Gasteiger partial charge in [-0.25, -0.2) is 8.42 Å². The van der Waals surface area contributed by atoms with Crippen LogP contribution in [0.4, 0.5) is 5.69 Å². The monoisotopic (exact) mass is 484 g/mol. The van der Waals surface area contributed by atoms with Crippen molar-refractivity contribution in [1.82, 2.24) is 5.32 Å². The summed E-state index contributed by atoms with van der Waals surface area (Å²) in [7, 11) is -3.18. The van der Waals surface area contributed by atoms with E-state index in [0.717, 1.165) is 36.1 Å².